The van der Waals surface area contributed by atoms with Crippen LogP contribution in [0.1, 0.15) is 12.8 Å². The fraction of sp³-hybridized carbons (Fsp3) is 0.615. The first-order valence-corrected chi connectivity index (χ1v) is 8.55. The van der Waals surface area contributed by atoms with Crippen LogP contribution in [0.4, 0.5) is 57.1 Å². The van der Waals surface area contributed by atoms with Crippen LogP contribution >= 0.6 is 0 Å². The van der Waals surface area contributed by atoms with Crippen LogP contribution < -0.4 is 4.43 Å². The van der Waals surface area contributed by atoms with Gasteiger partial charge in [-0.1, -0.05) is 18.2 Å². The smallest absolute Gasteiger partial charge is 0.458 e. The summed E-state index contributed by atoms with van der Waals surface area (Å²) in [5.41, 5.74) is 1.45. The van der Waals surface area contributed by atoms with Crippen LogP contribution in [0.25, 0.3) is 0 Å². The van der Waals surface area contributed by atoms with E-state index in [9.17, 15) is 57.1 Å². The monoisotopic (exact) mass is 456 g/mol. The van der Waals surface area contributed by atoms with Crippen molar-refractivity contribution in [3.05, 3.63) is 29.6 Å². The van der Waals surface area contributed by atoms with Crippen LogP contribution in [0.5, 0.6) is 0 Å². The van der Waals surface area contributed by atoms with Crippen molar-refractivity contribution in [1.82, 2.24) is 0 Å². The predicted molar refractivity (Wildman–Crippen MR) is 69.0 cm³/mol. The summed E-state index contributed by atoms with van der Waals surface area (Å²) < 4.78 is 173. The minimum Gasteiger partial charge on any atom is -0.490 e. The van der Waals surface area contributed by atoms with Crippen molar-refractivity contribution in [2.45, 2.75) is 48.8 Å². The Hall–Kier alpha value is -1.54. The van der Waals surface area contributed by atoms with Crippen molar-refractivity contribution in [1.29, 1.82) is 0 Å². The zero-order valence-corrected chi connectivity index (χ0v) is 14.1. The largest absolute Gasteiger partial charge is 0.490 e. The van der Waals surface area contributed by atoms with Crippen molar-refractivity contribution in [3.63, 3.8) is 0 Å². The molecule has 0 unspecified atom stereocenters. The Labute approximate surface area is 149 Å². The van der Waals surface area contributed by atoms with E-state index in [1.165, 1.54) is 6.07 Å². The molecule has 0 aromatic carbocycles. The SMILES string of the molecule is FC(F)(F)CCC(F)(F)C(F)(F)C(F)(F)C(F)(F)C(F)(F)O[si]1ccccc1. The molecule has 162 valence electrons. The van der Waals surface area contributed by atoms with Gasteiger partial charge in [0.1, 0.15) is 0 Å². The molecule has 0 radical (unpaired) electrons. The molecule has 0 bridgehead atoms. The molecular formula is C13H9F13OSi. The van der Waals surface area contributed by atoms with E-state index in [0.717, 1.165) is 23.5 Å². The summed E-state index contributed by atoms with van der Waals surface area (Å²) in [6, 6.07) is 3.17. The Morgan fingerprint density at radius 3 is 1.46 bits per heavy atom. The first-order chi connectivity index (χ1) is 12.3. The van der Waals surface area contributed by atoms with Crippen molar-refractivity contribution in [3.8, 4) is 0 Å². The molecular weight excluding hydrogens is 447 g/mol. The lowest BCUT2D eigenvalue weighted by atomic mass is 9.95. The Kier molecular flexibility index (Phi) is 6.45. The molecule has 1 aromatic heterocycles. The van der Waals surface area contributed by atoms with E-state index in [-0.39, 0.29) is 0 Å². The van der Waals surface area contributed by atoms with Gasteiger partial charge in [-0.3, -0.25) is 0 Å². The highest BCUT2D eigenvalue weighted by Gasteiger charge is 2.87. The van der Waals surface area contributed by atoms with Crippen LogP contribution in [-0.2, 0) is 0 Å². The molecule has 15 heteroatoms. The Morgan fingerprint density at radius 2 is 1.04 bits per heavy atom. The lowest BCUT2D eigenvalue weighted by Gasteiger charge is -2.39. The van der Waals surface area contributed by atoms with E-state index in [2.05, 4.69) is 4.43 Å². The second-order valence-electron chi connectivity index (χ2n) is 5.47. The minimum absolute atomic E-state index is 0.725. The minimum atomic E-state index is -7.46. The third kappa shape index (κ3) is 4.54. The highest BCUT2D eigenvalue weighted by molar-refractivity contribution is 6.43. The number of alkyl halides is 13. The van der Waals surface area contributed by atoms with Gasteiger partial charge in [-0.25, -0.2) is 0 Å². The number of hydrogen-bond donors (Lipinski definition) is 0. The molecule has 0 saturated heterocycles. The molecule has 0 aliphatic carbocycles. The summed E-state index contributed by atoms with van der Waals surface area (Å²) >= 11 is 0. The molecule has 0 saturated carbocycles. The Morgan fingerprint density at radius 1 is 0.571 bits per heavy atom. The van der Waals surface area contributed by atoms with Gasteiger partial charge in [-0.15, -0.1) is 0 Å². The van der Waals surface area contributed by atoms with Crippen LogP contribution in [-0.4, -0.2) is 44.6 Å². The normalized spacial score (nSPS) is 14.9. The molecule has 0 N–H and O–H groups in total. The maximum Gasteiger partial charge on any atom is 0.458 e. The number of hydrogen-bond acceptors (Lipinski definition) is 1. The quantitative estimate of drug-likeness (QED) is 0.365. The van der Waals surface area contributed by atoms with Crippen molar-refractivity contribution in [2.24, 2.45) is 0 Å². The molecule has 0 aliphatic rings. The molecule has 0 atom stereocenters. The van der Waals surface area contributed by atoms with Gasteiger partial charge < -0.3 is 4.43 Å². The van der Waals surface area contributed by atoms with Crippen molar-refractivity contribution < 1.29 is 61.5 Å². The van der Waals surface area contributed by atoms with Gasteiger partial charge >= 0.3 is 36.0 Å². The molecule has 28 heavy (non-hydrogen) atoms. The highest BCUT2D eigenvalue weighted by atomic mass is 28.3. The zero-order valence-electron chi connectivity index (χ0n) is 13.1. The second-order valence-corrected chi connectivity index (χ2v) is 7.15. The first-order valence-electron chi connectivity index (χ1n) is 6.98. The Balaban J connectivity index is 3.24. The summed E-state index contributed by atoms with van der Waals surface area (Å²) in [6.45, 7) is 0. The summed E-state index contributed by atoms with van der Waals surface area (Å²) in [4.78, 5) is 0. The van der Waals surface area contributed by atoms with Crippen LogP contribution in [0, 0.1) is 0 Å². The van der Waals surface area contributed by atoms with Gasteiger partial charge in [0.2, 0.25) is 0 Å². The van der Waals surface area contributed by atoms with Crippen molar-refractivity contribution in [2.75, 3.05) is 0 Å². The molecule has 0 amide bonds. The summed E-state index contributed by atoms with van der Waals surface area (Å²) in [7, 11) is -3.19. The van der Waals surface area contributed by atoms with E-state index >= 15 is 0 Å². The topological polar surface area (TPSA) is 9.23 Å². The molecule has 1 rings (SSSR count). The fourth-order valence-corrected chi connectivity index (χ4v) is 3.04. The molecule has 0 fully saturated rings. The molecule has 1 nitrogen and oxygen atoms in total. The molecule has 1 heterocycles. The third-order valence-electron chi connectivity index (χ3n) is 3.33. The predicted octanol–water partition coefficient (Wildman–Crippen LogP) is 5.62. The van der Waals surface area contributed by atoms with Crippen LogP contribution in [0.2, 0.25) is 0 Å². The van der Waals surface area contributed by atoms with Gasteiger partial charge in [-0.2, -0.15) is 57.1 Å². The molecule has 1 aromatic rings. The molecule has 0 spiro atoms. The zero-order chi connectivity index (χ0) is 22.2. The van der Waals surface area contributed by atoms with Gasteiger partial charge in [0.05, 0.1) is 0 Å². The average Bonchev–Trinajstić information content (AvgIpc) is 2.52. The first kappa shape index (κ1) is 24.5. The van der Waals surface area contributed by atoms with Crippen LogP contribution in [0.15, 0.2) is 29.6 Å². The summed E-state index contributed by atoms with van der Waals surface area (Å²) in [5.74, 6) is -28.3. The van der Waals surface area contributed by atoms with E-state index < -0.39 is 57.5 Å². The van der Waals surface area contributed by atoms with E-state index in [0.29, 0.717) is 0 Å². The van der Waals surface area contributed by atoms with Crippen LogP contribution in [0.3, 0.4) is 0 Å². The Bertz CT molecular complexity index is 656. The highest BCUT2D eigenvalue weighted by Crippen LogP contribution is 2.57. The standard InChI is InChI=1S/C13H9F13OSi/c14-8(15,4-5-9(16,17)18)10(19,20)11(21,22)12(23,24)13(25,26)27-28-6-2-1-3-7-28/h1-3,6-7H,4-5H2. The summed E-state index contributed by atoms with van der Waals surface area (Å²) in [5, 5.41) is 0. The summed E-state index contributed by atoms with van der Waals surface area (Å²) in [6.07, 6.45) is -17.6. The van der Waals surface area contributed by atoms with Gasteiger partial charge in [-0.05, 0) is 11.4 Å². The second kappa shape index (κ2) is 7.37. The lowest BCUT2D eigenvalue weighted by molar-refractivity contribution is -0.427. The average molecular weight is 456 g/mol. The van der Waals surface area contributed by atoms with E-state index in [1.54, 1.807) is 0 Å². The van der Waals surface area contributed by atoms with E-state index in [4.69, 9.17) is 0 Å². The van der Waals surface area contributed by atoms with Crippen molar-refractivity contribution >= 4 is 8.64 Å². The number of halogens is 13. The third-order valence-corrected chi connectivity index (χ3v) is 4.86. The van der Waals surface area contributed by atoms with E-state index in [1.807, 2.05) is 0 Å². The van der Waals surface area contributed by atoms with Gasteiger partial charge in [0.25, 0.3) is 8.64 Å². The fourth-order valence-electron chi connectivity index (χ4n) is 1.77. The maximum atomic E-state index is 13.5. The molecule has 0 aliphatic heterocycles. The van der Waals surface area contributed by atoms with Gasteiger partial charge in [0, 0.05) is 12.8 Å². The van der Waals surface area contributed by atoms with Gasteiger partial charge in [0.15, 0.2) is 0 Å². The maximum absolute atomic E-state index is 13.5. The lowest BCUT2D eigenvalue weighted by Crippen LogP contribution is -2.69. The number of rotatable bonds is 8.